The van der Waals surface area contributed by atoms with E-state index in [2.05, 4.69) is 11.7 Å². The molecule has 3 nitrogen and oxygen atoms in total. The molecule has 3 aromatic carbocycles. The molecule has 11 heteroatoms. The van der Waals surface area contributed by atoms with E-state index in [4.69, 9.17) is 9.47 Å². The van der Waals surface area contributed by atoms with Crippen molar-refractivity contribution in [1.29, 1.82) is 0 Å². The smallest absolute Gasteiger partial charge is 0.419 e. The van der Waals surface area contributed by atoms with E-state index in [0.29, 0.717) is 30.8 Å². The van der Waals surface area contributed by atoms with E-state index < -0.39 is 58.6 Å². The van der Waals surface area contributed by atoms with Crippen molar-refractivity contribution in [1.82, 2.24) is 0 Å². The van der Waals surface area contributed by atoms with Gasteiger partial charge in [0, 0.05) is 40.8 Å². The number of halogens is 8. The third-order valence-corrected chi connectivity index (χ3v) is 9.01. The van der Waals surface area contributed by atoms with Gasteiger partial charge in [0.15, 0.2) is 23.7 Å². The van der Waals surface area contributed by atoms with E-state index in [9.17, 15) is 30.7 Å². The van der Waals surface area contributed by atoms with Crippen LogP contribution in [0, 0.1) is 52.7 Å². The number of benzene rings is 3. The highest BCUT2D eigenvalue weighted by Gasteiger charge is 2.33. The van der Waals surface area contributed by atoms with Crippen molar-refractivity contribution in [3.63, 3.8) is 0 Å². The van der Waals surface area contributed by atoms with Gasteiger partial charge in [-0.05, 0) is 54.5 Å². The average molecular weight is 669 g/mol. The second kappa shape index (κ2) is 15.2. The number of rotatable bonds is 11. The molecule has 1 aliphatic heterocycles. The predicted molar refractivity (Wildman–Crippen MR) is 160 cm³/mol. The van der Waals surface area contributed by atoms with Crippen molar-refractivity contribution in [3.8, 4) is 16.9 Å². The van der Waals surface area contributed by atoms with Crippen LogP contribution < -0.4 is 4.74 Å². The largest absolute Gasteiger partial charge is 0.429 e. The van der Waals surface area contributed by atoms with Gasteiger partial charge < -0.3 is 14.2 Å². The van der Waals surface area contributed by atoms with Crippen molar-refractivity contribution >= 4 is 6.08 Å². The van der Waals surface area contributed by atoms with Crippen LogP contribution >= 0.6 is 0 Å². The molecule has 1 saturated heterocycles. The molecule has 5 rings (SSSR count). The molecule has 2 fully saturated rings. The topological polar surface area (TPSA) is 27.7 Å². The van der Waals surface area contributed by atoms with Gasteiger partial charge >= 0.3 is 6.11 Å². The van der Waals surface area contributed by atoms with Gasteiger partial charge in [0.2, 0.25) is 0 Å². The van der Waals surface area contributed by atoms with Crippen molar-refractivity contribution in [2.45, 2.75) is 70.7 Å². The summed E-state index contributed by atoms with van der Waals surface area (Å²) in [6.07, 6.45) is 5.10. The fourth-order valence-electron chi connectivity index (χ4n) is 6.39. The van der Waals surface area contributed by atoms with Gasteiger partial charge in [0.05, 0.1) is 13.2 Å². The first-order valence-corrected chi connectivity index (χ1v) is 15.9. The van der Waals surface area contributed by atoms with Crippen molar-refractivity contribution < 1.29 is 49.3 Å². The number of ether oxygens (including phenoxy) is 3. The molecule has 0 unspecified atom stereocenters. The summed E-state index contributed by atoms with van der Waals surface area (Å²) in [6, 6.07) is 5.98. The molecule has 0 radical (unpaired) electrons. The normalized spacial score (nSPS) is 22.1. The molecule has 1 heterocycles. The third kappa shape index (κ3) is 8.73. The van der Waals surface area contributed by atoms with Crippen LogP contribution in [0.1, 0.15) is 75.7 Å². The van der Waals surface area contributed by atoms with E-state index in [1.807, 2.05) is 0 Å². The second-order valence-electron chi connectivity index (χ2n) is 12.3. The Morgan fingerprint density at radius 1 is 0.766 bits per heavy atom. The molecular weight excluding hydrogens is 632 g/mol. The number of unbranched alkanes of at least 4 members (excludes halogenated alkanes) is 2. The fourth-order valence-corrected chi connectivity index (χ4v) is 6.39. The predicted octanol–water partition coefficient (Wildman–Crippen LogP) is 10.9. The minimum absolute atomic E-state index is 0.0446. The zero-order chi connectivity index (χ0) is 33.7. The molecule has 1 aliphatic carbocycles. The molecule has 0 amide bonds. The Balaban J connectivity index is 1.19. The Morgan fingerprint density at radius 3 is 2.00 bits per heavy atom. The van der Waals surface area contributed by atoms with Crippen molar-refractivity contribution in [3.05, 3.63) is 94.6 Å². The van der Waals surface area contributed by atoms with Crippen molar-refractivity contribution in [2.24, 2.45) is 17.8 Å². The lowest BCUT2D eigenvalue weighted by Gasteiger charge is -2.38. The van der Waals surface area contributed by atoms with Gasteiger partial charge in [-0.25, -0.2) is 26.3 Å². The minimum atomic E-state index is -4.28. The molecule has 254 valence electrons. The van der Waals surface area contributed by atoms with Gasteiger partial charge in [-0.15, -0.1) is 0 Å². The fraction of sp³-hybridized carbons (Fsp3) is 0.444. The zero-order valence-corrected chi connectivity index (χ0v) is 25.8. The maximum absolute atomic E-state index is 15.2. The average Bonchev–Trinajstić information content (AvgIpc) is 3.03. The highest BCUT2D eigenvalue weighted by Crippen LogP contribution is 2.39. The lowest BCUT2D eigenvalue weighted by Crippen LogP contribution is -2.34. The van der Waals surface area contributed by atoms with Crippen LogP contribution in [-0.4, -0.2) is 19.3 Å². The lowest BCUT2D eigenvalue weighted by molar-refractivity contribution is -0.214. The SMILES string of the molecule is CCCCCC1CCC(C2COC(c3ccc(-c4cc(F)c(C=CC(F)(F)Oc5cc(F)c(F)c(F)c5)c(F)c4)c(F)c3)OC2)CC1. The Bertz CT molecular complexity index is 1510. The first-order chi connectivity index (χ1) is 22.4. The monoisotopic (exact) mass is 668 g/mol. The summed E-state index contributed by atoms with van der Waals surface area (Å²) in [7, 11) is 0. The Morgan fingerprint density at radius 2 is 1.40 bits per heavy atom. The van der Waals surface area contributed by atoms with Crippen LogP contribution in [0.5, 0.6) is 5.75 Å². The molecule has 0 atom stereocenters. The standard InChI is InChI=1S/C36H36F8O3/c1-2-3-4-5-21-6-8-22(9-7-21)25-19-45-35(46-20-25)23-10-11-27(29(37)14-23)24-15-30(38)28(31(39)16-24)12-13-36(43,44)47-26-17-32(40)34(42)33(41)18-26/h10-18,21-22,25,35H,2-9,19-20H2,1H3. The van der Waals surface area contributed by atoms with Crippen LogP contribution in [0.4, 0.5) is 35.1 Å². The van der Waals surface area contributed by atoms with Gasteiger partial charge in [-0.2, -0.15) is 8.78 Å². The van der Waals surface area contributed by atoms with Crippen LogP contribution in [0.3, 0.4) is 0 Å². The molecule has 47 heavy (non-hydrogen) atoms. The second-order valence-corrected chi connectivity index (χ2v) is 12.3. The highest BCUT2D eigenvalue weighted by molar-refractivity contribution is 5.67. The number of hydrogen-bond donors (Lipinski definition) is 0. The first kappa shape index (κ1) is 34.9. The molecule has 0 spiro atoms. The van der Waals surface area contributed by atoms with Crippen molar-refractivity contribution in [2.75, 3.05) is 13.2 Å². The molecule has 3 aromatic rings. The lowest BCUT2D eigenvalue weighted by atomic mass is 9.74. The Kier molecular flexibility index (Phi) is 11.3. The summed E-state index contributed by atoms with van der Waals surface area (Å²) in [5.74, 6) is -8.22. The summed E-state index contributed by atoms with van der Waals surface area (Å²) in [5, 5.41) is 0. The Hall–Kier alpha value is -3.44. The first-order valence-electron chi connectivity index (χ1n) is 15.9. The third-order valence-electron chi connectivity index (χ3n) is 9.01. The van der Waals surface area contributed by atoms with Crippen LogP contribution in [0.15, 0.2) is 48.5 Å². The number of alkyl halides is 2. The maximum Gasteiger partial charge on any atom is 0.419 e. The minimum Gasteiger partial charge on any atom is -0.429 e. The molecular formula is C36H36F8O3. The van der Waals surface area contributed by atoms with E-state index in [1.165, 1.54) is 56.7 Å². The van der Waals surface area contributed by atoms with Gasteiger partial charge in [-0.1, -0.05) is 57.6 Å². The molecule has 2 aliphatic rings. The molecule has 1 saturated carbocycles. The van der Waals surface area contributed by atoms with Crippen LogP contribution in [-0.2, 0) is 9.47 Å². The summed E-state index contributed by atoms with van der Waals surface area (Å²) in [6.45, 7) is 3.20. The number of hydrogen-bond acceptors (Lipinski definition) is 3. The Labute approximate surface area is 268 Å². The highest BCUT2D eigenvalue weighted by atomic mass is 19.3. The molecule has 0 N–H and O–H groups in total. The van der Waals surface area contributed by atoms with E-state index in [1.54, 1.807) is 0 Å². The zero-order valence-electron chi connectivity index (χ0n) is 25.8. The summed E-state index contributed by atoms with van der Waals surface area (Å²) < 4.78 is 129. The van der Waals surface area contributed by atoms with Crippen LogP contribution in [0.25, 0.3) is 17.2 Å². The van der Waals surface area contributed by atoms with E-state index in [0.717, 1.165) is 30.9 Å². The molecule has 0 aromatic heterocycles. The summed E-state index contributed by atoms with van der Waals surface area (Å²) in [5.41, 5.74) is -0.806. The van der Waals surface area contributed by atoms with Crippen LogP contribution in [0.2, 0.25) is 0 Å². The van der Waals surface area contributed by atoms with Gasteiger partial charge in [0.25, 0.3) is 0 Å². The van der Waals surface area contributed by atoms with E-state index >= 15 is 4.39 Å². The summed E-state index contributed by atoms with van der Waals surface area (Å²) >= 11 is 0. The molecule has 0 bridgehead atoms. The van der Waals surface area contributed by atoms with Gasteiger partial charge in [0.1, 0.15) is 23.2 Å². The summed E-state index contributed by atoms with van der Waals surface area (Å²) in [4.78, 5) is 0. The maximum atomic E-state index is 15.2. The van der Waals surface area contributed by atoms with E-state index in [-0.39, 0.29) is 35.3 Å². The quantitative estimate of drug-likeness (QED) is 0.116. The van der Waals surface area contributed by atoms with Gasteiger partial charge in [-0.3, -0.25) is 0 Å².